The van der Waals surface area contributed by atoms with Crippen LogP contribution in [0.5, 0.6) is 0 Å². The van der Waals surface area contributed by atoms with Gasteiger partial charge in [0.05, 0.1) is 6.04 Å². The number of nitrogens with one attached hydrogen (secondary N) is 2. The molecule has 4 heteroatoms. The fourth-order valence-electron chi connectivity index (χ4n) is 2.61. The van der Waals surface area contributed by atoms with Gasteiger partial charge in [0.15, 0.2) is 5.78 Å². The van der Waals surface area contributed by atoms with Gasteiger partial charge in [0, 0.05) is 31.0 Å². The highest BCUT2D eigenvalue weighted by molar-refractivity contribution is 6.00. The molecule has 2 rings (SSSR count). The molecule has 1 aromatic carbocycles. The Morgan fingerprint density at radius 2 is 2.33 bits per heavy atom. The highest BCUT2D eigenvalue weighted by atomic mass is 16.5. The van der Waals surface area contributed by atoms with Gasteiger partial charge in [0.1, 0.15) is 0 Å². The van der Waals surface area contributed by atoms with Crippen LogP contribution in [0.25, 0.3) is 0 Å². The molecule has 0 saturated heterocycles. The molecule has 116 valence electrons. The molecular formula is C17H26N2O2. The number of Topliss-reactive ketones (excluding diaryl/α,β-unsaturated/α-hetero) is 1. The first-order valence-electron chi connectivity index (χ1n) is 7.94. The predicted molar refractivity (Wildman–Crippen MR) is 86.2 cm³/mol. The second-order valence-corrected chi connectivity index (χ2v) is 5.49. The predicted octanol–water partition coefficient (Wildman–Crippen LogP) is 2.63. The molecule has 4 nitrogen and oxygen atoms in total. The molecule has 0 aliphatic carbocycles. The molecule has 0 radical (unpaired) electrons. The van der Waals surface area contributed by atoms with Gasteiger partial charge in [-0.3, -0.25) is 4.79 Å². The summed E-state index contributed by atoms with van der Waals surface area (Å²) < 4.78 is 5.29. The van der Waals surface area contributed by atoms with Gasteiger partial charge in [-0.2, -0.15) is 0 Å². The van der Waals surface area contributed by atoms with Crippen LogP contribution in [0.2, 0.25) is 0 Å². The lowest BCUT2D eigenvalue weighted by Crippen LogP contribution is -2.35. The normalized spacial score (nSPS) is 15.1. The number of aryl methyl sites for hydroxylation is 1. The minimum absolute atomic E-state index is 0.152. The number of fused-ring (bicyclic) bond motifs is 1. The Hall–Kier alpha value is -1.39. The van der Waals surface area contributed by atoms with E-state index in [9.17, 15) is 4.79 Å². The van der Waals surface area contributed by atoms with Crippen molar-refractivity contribution in [1.29, 1.82) is 0 Å². The summed E-state index contributed by atoms with van der Waals surface area (Å²) in [7, 11) is 0. The monoisotopic (exact) mass is 290 g/mol. The van der Waals surface area contributed by atoms with Crippen molar-refractivity contribution in [3.63, 3.8) is 0 Å². The second kappa shape index (κ2) is 8.15. The SMILES string of the molecule is CCOCCCNC(C)C(=O)c1ccc2c(c1)CCCN2. The molecule has 1 aromatic rings. The summed E-state index contributed by atoms with van der Waals surface area (Å²) in [5, 5.41) is 6.65. The van der Waals surface area contributed by atoms with E-state index in [2.05, 4.69) is 10.6 Å². The van der Waals surface area contributed by atoms with Crippen LogP contribution >= 0.6 is 0 Å². The molecular weight excluding hydrogens is 264 g/mol. The third kappa shape index (κ3) is 4.55. The number of benzene rings is 1. The third-order valence-electron chi connectivity index (χ3n) is 3.84. The smallest absolute Gasteiger partial charge is 0.179 e. The summed E-state index contributed by atoms with van der Waals surface area (Å²) in [5.74, 6) is 0.166. The van der Waals surface area contributed by atoms with E-state index in [0.29, 0.717) is 0 Å². The second-order valence-electron chi connectivity index (χ2n) is 5.49. The first-order valence-corrected chi connectivity index (χ1v) is 7.94. The Kier molecular flexibility index (Phi) is 6.21. The summed E-state index contributed by atoms with van der Waals surface area (Å²) in [4.78, 5) is 12.4. The van der Waals surface area contributed by atoms with Crippen molar-refractivity contribution in [2.75, 3.05) is 31.6 Å². The van der Waals surface area contributed by atoms with Crippen molar-refractivity contribution in [2.24, 2.45) is 0 Å². The highest BCUT2D eigenvalue weighted by Gasteiger charge is 2.17. The van der Waals surface area contributed by atoms with Gasteiger partial charge < -0.3 is 15.4 Å². The van der Waals surface area contributed by atoms with Crippen LogP contribution < -0.4 is 10.6 Å². The van der Waals surface area contributed by atoms with Crippen LogP contribution in [0, 0.1) is 0 Å². The quantitative estimate of drug-likeness (QED) is 0.571. The average molecular weight is 290 g/mol. The molecule has 0 saturated carbocycles. The largest absolute Gasteiger partial charge is 0.385 e. The summed E-state index contributed by atoms with van der Waals surface area (Å²) in [6, 6.07) is 5.85. The standard InChI is InChI=1S/C17H26N2O2/c1-3-21-11-5-10-18-13(2)17(20)15-7-8-16-14(12-15)6-4-9-19-16/h7-8,12-13,18-19H,3-6,9-11H2,1-2H3. The number of ketones is 1. The first-order chi connectivity index (χ1) is 10.2. The molecule has 1 heterocycles. The van der Waals surface area contributed by atoms with E-state index >= 15 is 0 Å². The van der Waals surface area contributed by atoms with Crippen LogP contribution in [0.3, 0.4) is 0 Å². The average Bonchev–Trinajstić information content (AvgIpc) is 2.53. The third-order valence-corrected chi connectivity index (χ3v) is 3.84. The van der Waals surface area contributed by atoms with Gasteiger partial charge >= 0.3 is 0 Å². The lowest BCUT2D eigenvalue weighted by atomic mass is 9.97. The first kappa shape index (κ1) is 16.0. The zero-order valence-corrected chi connectivity index (χ0v) is 13.1. The zero-order chi connectivity index (χ0) is 15.1. The van der Waals surface area contributed by atoms with Crippen molar-refractivity contribution in [1.82, 2.24) is 5.32 Å². The molecule has 1 aliphatic rings. The molecule has 0 aromatic heterocycles. The Labute approximate surface area is 127 Å². The van der Waals surface area contributed by atoms with Gasteiger partial charge in [-0.25, -0.2) is 0 Å². The van der Waals surface area contributed by atoms with E-state index in [-0.39, 0.29) is 11.8 Å². The van der Waals surface area contributed by atoms with Crippen molar-refractivity contribution >= 4 is 11.5 Å². The number of anilines is 1. The van der Waals surface area contributed by atoms with Crippen LogP contribution in [0.1, 0.15) is 42.6 Å². The molecule has 1 aliphatic heterocycles. The van der Waals surface area contributed by atoms with Crippen molar-refractivity contribution < 1.29 is 9.53 Å². The molecule has 0 amide bonds. The summed E-state index contributed by atoms with van der Waals surface area (Å²) >= 11 is 0. The Bertz CT molecular complexity index is 474. The molecule has 0 spiro atoms. The van der Waals surface area contributed by atoms with Crippen molar-refractivity contribution in [2.45, 2.75) is 39.2 Å². The molecule has 21 heavy (non-hydrogen) atoms. The fourth-order valence-corrected chi connectivity index (χ4v) is 2.61. The topological polar surface area (TPSA) is 50.4 Å². The zero-order valence-electron chi connectivity index (χ0n) is 13.1. The van der Waals surface area contributed by atoms with E-state index in [1.807, 2.05) is 32.0 Å². The molecule has 0 fully saturated rings. The number of carbonyl (C=O) groups excluding carboxylic acids is 1. The molecule has 0 bridgehead atoms. The van der Waals surface area contributed by atoms with E-state index in [1.54, 1.807) is 0 Å². The number of hydrogen-bond donors (Lipinski definition) is 2. The molecule has 1 unspecified atom stereocenters. The number of hydrogen-bond acceptors (Lipinski definition) is 4. The summed E-state index contributed by atoms with van der Waals surface area (Å²) in [5.41, 5.74) is 3.24. The Morgan fingerprint density at radius 3 is 3.14 bits per heavy atom. The van der Waals surface area contributed by atoms with Crippen molar-refractivity contribution in [3.8, 4) is 0 Å². The van der Waals surface area contributed by atoms with E-state index in [0.717, 1.165) is 51.1 Å². The maximum atomic E-state index is 12.4. The fraction of sp³-hybridized carbons (Fsp3) is 0.588. The summed E-state index contributed by atoms with van der Waals surface area (Å²) in [6.45, 7) is 7.25. The minimum Gasteiger partial charge on any atom is -0.385 e. The maximum absolute atomic E-state index is 12.4. The van der Waals surface area contributed by atoms with Gasteiger partial charge in [-0.1, -0.05) is 0 Å². The van der Waals surface area contributed by atoms with Crippen molar-refractivity contribution in [3.05, 3.63) is 29.3 Å². The van der Waals surface area contributed by atoms with Crippen LogP contribution in [-0.4, -0.2) is 38.1 Å². The highest BCUT2D eigenvalue weighted by Crippen LogP contribution is 2.23. The van der Waals surface area contributed by atoms with E-state index in [1.165, 1.54) is 11.3 Å². The van der Waals surface area contributed by atoms with Crippen LogP contribution in [0.4, 0.5) is 5.69 Å². The van der Waals surface area contributed by atoms with E-state index < -0.39 is 0 Å². The van der Waals surface area contributed by atoms with Gasteiger partial charge in [0.2, 0.25) is 0 Å². The number of carbonyl (C=O) groups is 1. The Balaban J connectivity index is 1.87. The number of ether oxygens (including phenoxy) is 1. The molecule has 1 atom stereocenters. The lowest BCUT2D eigenvalue weighted by Gasteiger charge is -2.19. The van der Waals surface area contributed by atoms with Gasteiger partial charge in [0.25, 0.3) is 0 Å². The molecule has 2 N–H and O–H groups in total. The van der Waals surface area contributed by atoms with Gasteiger partial charge in [-0.15, -0.1) is 0 Å². The van der Waals surface area contributed by atoms with Crippen LogP contribution in [0.15, 0.2) is 18.2 Å². The van der Waals surface area contributed by atoms with Gasteiger partial charge in [-0.05, 0) is 63.4 Å². The van der Waals surface area contributed by atoms with E-state index in [4.69, 9.17) is 4.74 Å². The number of rotatable bonds is 8. The lowest BCUT2D eigenvalue weighted by molar-refractivity contribution is 0.0946. The minimum atomic E-state index is -0.152. The summed E-state index contributed by atoms with van der Waals surface area (Å²) in [6.07, 6.45) is 3.12. The maximum Gasteiger partial charge on any atom is 0.179 e. The Morgan fingerprint density at radius 1 is 1.48 bits per heavy atom. The van der Waals surface area contributed by atoms with Crippen LogP contribution in [-0.2, 0) is 11.2 Å².